The molecular formula is C14H19N5O3. The number of hydrogen-bond donors (Lipinski definition) is 0. The molecule has 4 rings (SSSR count). The summed E-state index contributed by atoms with van der Waals surface area (Å²) in [5, 5.41) is 8.43. The molecule has 8 nitrogen and oxygen atoms in total. The van der Waals surface area contributed by atoms with Gasteiger partial charge in [-0.25, -0.2) is 9.48 Å². The quantitative estimate of drug-likeness (QED) is 0.829. The van der Waals surface area contributed by atoms with Gasteiger partial charge < -0.3 is 9.26 Å². The van der Waals surface area contributed by atoms with Crippen molar-refractivity contribution >= 4 is 0 Å². The fourth-order valence-electron chi connectivity index (χ4n) is 3.09. The Kier molecular flexibility index (Phi) is 3.53. The van der Waals surface area contributed by atoms with Gasteiger partial charge in [0.05, 0.1) is 6.61 Å². The summed E-state index contributed by atoms with van der Waals surface area (Å²) in [5.74, 6) is 2.16. The van der Waals surface area contributed by atoms with Crippen molar-refractivity contribution in [2.24, 2.45) is 0 Å². The molecule has 1 fully saturated rings. The molecule has 1 atom stereocenters. The van der Waals surface area contributed by atoms with E-state index >= 15 is 0 Å². The topological polar surface area (TPSA) is 88.0 Å². The second-order valence-electron chi connectivity index (χ2n) is 5.93. The Balaban J connectivity index is 1.55. The average molecular weight is 305 g/mol. The van der Waals surface area contributed by atoms with Crippen molar-refractivity contribution in [2.45, 2.75) is 51.1 Å². The maximum atomic E-state index is 12.4. The summed E-state index contributed by atoms with van der Waals surface area (Å²) in [4.78, 5) is 16.8. The molecule has 8 heteroatoms. The Hall–Kier alpha value is -1.96. The normalized spacial score (nSPS) is 21.7. The van der Waals surface area contributed by atoms with E-state index in [-0.39, 0.29) is 18.2 Å². The van der Waals surface area contributed by atoms with Gasteiger partial charge in [0.25, 0.3) is 0 Å². The van der Waals surface area contributed by atoms with Gasteiger partial charge in [-0.15, -0.1) is 0 Å². The maximum Gasteiger partial charge on any atom is 0.346 e. The van der Waals surface area contributed by atoms with Gasteiger partial charge in [0.15, 0.2) is 5.82 Å². The lowest BCUT2D eigenvalue weighted by molar-refractivity contribution is 0.192. The summed E-state index contributed by atoms with van der Waals surface area (Å²) >= 11 is 0. The third-order valence-electron chi connectivity index (χ3n) is 4.35. The van der Waals surface area contributed by atoms with E-state index in [4.69, 9.17) is 9.26 Å². The largest absolute Gasteiger partial charge is 0.381 e. The Bertz CT molecular complexity index is 710. The van der Waals surface area contributed by atoms with Gasteiger partial charge in [0, 0.05) is 25.5 Å². The van der Waals surface area contributed by atoms with Crippen molar-refractivity contribution in [1.82, 2.24) is 24.5 Å². The number of aromatic nitrogens is 5. The van der Waals surface area contributed by atoms with Gasteiger partial charge >= 0.3 is 5.69 Å². The highest BCUT2D eigenvalue weighted by Crippen LogP contribution is 2.22. The van der Waals surface area contributed by atoms with Crippen molar-refractivity contribution in [2.75, 3.05) is 13.2 Å². The van der Waals surface area contributed by atoms with Crippen LogP contribution in [0.4, 0.5) is 0 Å². The highest BCUT2D eigenvalue weighted by molar-refractivity contribution is 4.98. The predicted octanol–water partition coefficient (Wildman–Crippen LogP) is 0.706. The molecule has 0 unspecified atom stereocenters. The SMILES string of the molecule is O=c1n(Cc2nc([C@@H]3CCOC3)no2)nc2n1CCCCC2. The molecule has 118 valence electrons. The first-order valence-electron chi connectivity index (χ1n) is 7.88. The second-order valence-corrected chi connectivity index (χ2v) is 5.93. The molecule has 0 N–H and O–H groups in total. The maximum absolute atomic E-state index is 12.4. The highest BCUT2D eigenvalue weighted by Gasteiger charge is 2.24. The predicted molar refractivity (Wildman–Crippen MR) is 75.6 cm³/mol. The molecule has 4 heterocycles. The Morgan fingerprint density at radius 2 is 2.23 bits per heavy atom. The number of hydrogen-bond acceptors (Lipinski definition) is 6. The first-order valence-corrected chi connectivity index (χ1v) is 7.88. The van der Waals surface area contributed by atoms with E-state index in [2.05, 4.69) is 15.2 Å². The van der Waals surface area contributed by atoms with Crippen LogP contribution in [-0.2, 0) is 24.2 Å². The molecule has 2 aromatic heterocycles. The molecule has 0 saturated carbocycles. The zero-order chi connectivity index (χ0) is 14.9. The van der Waals surface area contributed by atoms with E-state index in [0.717, 1.165) is 51.1 Å². The van der Waals surface area contributed by atoms with Crippen molar-refractivity contribution in [3.8, 4) is 0 Å². The van der Waals surface area contributed by atoms with Crippen molar-refractivity contribution in [3.63, 3.8) is 0 Å². The van der Waals surface area contributed by atoms with Crippen LogP contribution in [0.25, 0.3) is 0 Å². The van der Waals surface area contributed by atoms with E-state index in [1.807, 2.05) is 0 Å². The van der Waals surface area contributed by atoms with Gasteiger partial charge in [0.1, 0.15) is 12.4 Å². The molecule has 0 aliphatic carbocycles. The number of nitrogens with zero attached hydrogens (tertiary/aromatic N) is 5. The zero-order valence-corrected chi connectivity index (χ0v) is 12.4. The highest BCUT2D eigenvalue weighted by atomic mass is 16.5. The molecule has 2 aliphatic rings. The van der Waals surface area contributed by atoms with Crippen LogP contribution in [0.15, 0.2) is 9.32 Å². The zero-order valence-electron chi connectivity index (χ0n) is 12.4. The van der Waals surface area contributed by atoms with Gasteiger partial charge in [-0.2, -0.15) is 10.1 Å². The van der Waals surface area contributed by atoms with Crippen LogP contribution in [-0.4, -0.2) is 37.7 Å². The van der Waals surface area contributed by atoms with Crippen LogP contribution in [0, 0.1) is 0 Å². The minimum absolute atomic E-state index is 0.0825. The van der Waals surface area contributed by atoms with Gasteiger partial charge in [0.2, 0.25) is 5.89 Å². The first-order chi connectivity index (χ1) is 10.8. The summed E-state index contributed by atoms with van der Waals surface area (Å²) in [6.45, 7) is 2.36. The van der Waals surface area contributed by atoms with Crippen LogP contribution < -0.4 is 5.69 Å². The molecule has 22 heavy (non-hydrogen) atoms. The van der Waals surface area contributed by atoms with Crippen LogP contribution in [0.2, 0.25) is 0 Å². The standard InChI is InChI=1S/C14H19N5O3/c20-14-18-6-3-1-2-4-11(18)16-19(14)8-12-15-13(17-22-12)10-5-7-21-9-10/h10H,1-9H2/t10-/m1/s1. The average Bonchev–Trinajstić information content (AvgIpc) is 3.20. The fourth-order valence-corrected chi connectivity index (χ4v) is 3.09. The molecule has 2 aromatic rings. The Morgan fingerprint density at radius 1 is 1.27 bits per heavy atom. The number of fused-ring (bicyclic) bond motifs is 1. The lowest BCUT2D eigenvalue weighted by Crippen LogP contribution is -2.25. The van der Waals surface area contributed by atoms with Gasteiger partial charge in [-0.1, -0.05) is 11.6 Å². The lowest BCUT2D eigenvalue weighted by atomic mass is 10.1. The lowest BCUT2D eigenvalue weighted by Gasteiger charge is -1.98. The third-order valence-corrected chi connectivity index (χ3v) is 4.35. The molecule has 2 aliphatic heterocycles. The summed E-state index contributed by atoms with van der Waals surface area (Å²) in [5.41, 5.74) is -0.0825. The van der Waals surface area contributed by atoms with E-state index < -0.39 is 0 Å². The van der Waals surface area contributed by atoms with Gasteiger partial charge in [-0.3, -0.25) is 4.57 Å². The number of rotatable bonds is 3. The van der Waals surface area contributed by atoms with Gasteiger partial charge in [-0.05, 0) is 19.3 Å². The Labute approximate surface area is 127 Å². The van der Waals surface area contributed by atoms with E-state index in [1.54, 1.807) is 4.57 Å². The summed E-state index contributed by atoms with van der Waals surface area (Å²) < 4.78 is 13.8. The van der Waals surface area contributed by atoms with E-state index in [9.17, 15) is 4.79 Å². The van der Waals surface area contributed by atoms with E-state index in [0.29, 0.717) is 18.3 Å². The van der Waals surface area contributed by atoms with Crippen LogP contribution in [0.3, 0.4) is 0 Å². The first kappa shape index (κ1) is 13.7. The summed E-state index contributed by atoms with van der Waals surface area (Å²) in [6, 6.07) is 0. The molecule has 0 amide bonds. The summed E-state index contributed by atoms with van der Waals surface area (Å²) in [6.07, 6.45) is 5.04. The second kappa shape index (κ2) is 5.68. The minimum Gasteiger partial charge on any atom is -0.381 e. The third kappa shape index (κ3) is 2.47. The Morgan fingerprint density at radius 3 is 3.09 bits per heavy atom. The van der Waals surface area contributed by atoms with Crippen LogP contribution in [0.5, 0.6) is 0 Å². The fraction of sp³-hybridized carbons (Fsp3) is 0.714. The molecule has 0 radical (unpaired) electrons. The number of aryl methyl sites for hydroxylation is 1. The monoisotopic (exact) mass is 305 g/mol. The molecule has 1 saturated heterocycles. The molecule has 0 aromatic carbocycles. The molecular weight excluding hydrogens is 286 g/mol. The smallest absolute Gasteiger partial charge is 0.346 e. The van der Waals surface area contributed by atoms with E-state index in [1.165, 1.54) is 4.68 Å². The van der Waals surface area contributed by atoms with Crippen molar-refractivity contribution in [3.05, 3.63) is 28.0 Å². The van der Waals surface area contributed by atoms with Crippen LogP contribution >= 0.6 is 0 Å². The van der Waals surface area contributed by atoms with Crippen LogP contribution in [0.1, 0.15) is 49.1 Å². The van der Waals surface area contributed by atoms with Crippen molar-refractivity contribution in [1.29, 1.82) is 0 Å². The van der Waals surface area contributed by atoms with Crippen molar-refractivity contribution < 1.29 is 9.26 Å². The molecule has 0 spiro atoms. The number of ether oxygens (including phenoxy) is 1. The minimum atomic E-state index is -0.0825. The summed E-state index contributed by atoms with van der Waals surface area (Å²) in [7, 11) is 0. The molecule has 0 bridgehead atoms.